The van der Waals surface area contributed by atoms with E-state index in [9.17, 15) is 9.59 Å². The smallest absolute Gasteiger partial charge is 0.416 e. The van der Waals surface area contributed by atoms with E-state index in [1.165, 1.54) is 23.6 Å². The molecule has 0 aromatic heterocycles. The number of esters is 2. The van der Waals surface area contributed by atoms with Crippen molar-refractivity contribution in [1.29, 1.82) is 0 Å². The van der Waals surface area contributed by atoms with Crippen molar-refractivity contribution in [3.63, 3.8) is 0 Å². The van der Waals surface area contributed by atoms with Gasteiger partial charge < -0.3 is 38.2 Å². The van der Waals surface area contributed by atoms with Gasteiger partial charge in [0.05, 0.1) is 44.5 Å². The number of hydrogen-bond donors (Lipinski definition) is 0. The highest BCUT2D eigenvalue weighted by Gasteiger charge is 2.49. The van der Waals surface area contributed by atoms with E-state index in [-0.39, 0.29) is 103 Å². The Labute approximate surface area is 654 Å². The zero-order valence-corrected chi connectivity index (χ0v) is 63.1. The van der Waals surface area contributed by atoms with Crippen molar-refractivity contribution < 1.29 is 119 Å². The fourth-order valence-corrected chi connectivity index (χ4v) is 15.0. The van der Waals surface area contributed by atoms with E-state index < -0.39 is 230 Å². The molecule has 4 heterocycles. The molecule has 0 bridgehead atoms. The van der Waals surface area contributed by atoms with Gasteiger partial charge in [0.1, 0.15) is 71.3 Å². The monoisotopic (exact) mass is 1620 g/mol. The number of halogens is 12. The largest absolute Gasteiger partial charge is 0.461 e. The van der Waals surface area contributed by atoms with Gasteiger partial charge in [-0.15, -0.1) is 0 Å². The Hall–Kier alpha value is -11.8. The number of benzene rings is 9. The van der Waals surface area contributed by atoms with Crippen LogP contribution in [0.1, 0.15) is 118 Å². The van der Waals surface area contributed by atoms with E-state index >= 15 is 81.5 Å². The van der Waals surface area contributed by atoms with Crippen LogP contribution in [0.2, 0.25) is 0 Å². The Morgan fingerprint density at radius 3 is 0.845 bits per heavy atom. The quantitative estimate of drug-likeness (QED) is 0.0137. The summed E-state index contributed by atoms with van der Waals surface area (Å²) < 4.78 is 217. The van der Waals surface area contributed by atoms with Crippen molar-refractivity contribution in [3.8, 4) is 46.0 Å². The number of nitrogens with zero attached hydrogens (tertiary/aromatic N) is 6. The first-order valence-corrected chi connectivity index (χ1v) is 36.9. The molecule has 0 N–H and O–H groups in total. The van der Waals surface area contributed by atoms with E-state index in [4.69, 9.17) is 28.4 Å². The number of rotatable bonds is 24. The van der Waals surface area contributed by atoms with Crippen LogP contribution in [0.4, 0.5) is 52.7 Å². The summed E-state index contributed by atoms with van der Waals surface area (Å²) in [4.78, 5) is 129. The van der Waals surface area contributed by atoms with Crippen LogP contribution in [0.3, 0.4) is 0 Å². The second-order valence-electron chi connectivity index (χ2n) is 29.6. The van der Waals surface area contributed by atoms with Gasteiger partial charge in [0.15, 0.2) is 0 Å². The molecule has 608 valence electrons. The van der Waals surface area contributed by atoms with Crippen LogP contribution in [-0.2, 0) is 53.4 Å². The average Bonchev–Trinajstić information content (AvgIpc) is 0.669. The van der Waals surface area contributed by atoms with Gasteiger partial charge in [-0.1, -0.05) is 65.1 Å². The lowest BCUT2D eigenvalue weighted by molar-refractivity contribution is -0.141. The summed E-state index contributed by atoms with van der Waals surface area (Å²) >= 11 is 0. The predicted octanol–water partition coefficient (Wildman–Crippen LogP) is 17.5. The first kappa shape index (κ1) is 82.2. The molecule has 2 atom stereocenters. The van der Waals surface area contributed by atoms with E-state index in [2.05, 4.69) is 13.2 Å². The number of carbonyl (C=O) groups excluding carboxylic acids is 8. The van der Waals surface area contributed by atoms with Gasteiger partial charge >= 0.3 is 36.6 Å². The lowest BCUT2D eigenvalue weighted by Gasteiger charge is -2.40. The maximum absolute atomic E-state index is 16.4. The molecular weight excluding hydrogens is 1540 g/mol. The zero-order chi connectivity index (χ0) is 83.7. The van der Waals surface area contributed by atoms with Gasteiger partial charge in [-0.25, -0.2) is 9.59 Å². The lowest BCUT2D eigenvalue weighted by Crippen LogP contribution is -2.58. The average molecular weight is 1620 g/mol. The van der Waals surface area contributed by atoms with Gasteiger partial charge in [0.25, 0.3) is 23.6 Å². The molecule has 0 radical (unpaired) electrons. The molecule has 32 heteroatoms. The predicted molar refractivity (Wildman–Crippen MR) is 399 cm³/mol. The van der Waals surface area contributed by atoms with Crippen molar-refractivity contribution in [2.24, 2.45) is 11.8 Å². The van der Waals surface area contributed by atoms with E-state index in [0.29, 0.717) is 58.3 Å². The van der Waals surface area contributed by atoms with Crippen molar-refractivity contribution >= 4 is 90.5 Å². The summed E-state index contributed by atoms with van der Waals surface area (Å²) in [6.45, 7) is 18.0. The zero-order valence-electron chi connectivity index (χ0n) is 63.1. The molecule has 6 amide bonds. The number of alkyl halides is 12. The Morgan fingerprint density at radius 1 is 0.371 bits per heavy atom. The maximum atomic E-state index is 16.4. The fourth-order valence-electron chi connectivity index (χ4n) is 15.0. The van der Waals surface area contributed by atoms with Crippen molar-refractivity contribution in [2.75, 3.05) is 78.7 Å². The van der Waals surface area contributed by atoms with Gasteiger partial charge in [-0.2, -0.15) is 52.7 Å². The molecule has 2 unspecified atom stereocenters. The molecule has 9 aromatic rings. The molecule has 2 fully saturated rings. The fraction of sp³-hybridized carbons (Fsp3) is 0.333. The van der Waals surface area contributed by atoms with Crippen LogP contribution in [0.15, 0.2) is 146 Å². The summed E-state index contributed by atoms with van der Waals surface area (Å²) in [6.07, 6.45) is -20.9. The Morgan fingerprint density at radius 2 is 0.621 bits per heavy atom. The summed E-state index contributed by atoms with van der Waals surface area (Å²) in [5.41, 5.74) is -7.25. The highest BCUT2D eigenvalue weighted by molar-refractivity contribution is 6.45. The molecule has 0 aliphatic carbocycles. The highest BCUT2D eigenvalue weighted by atomic mass is 19.4. The molecule has 4 aliphatic heterocycles. The van der Waals surface area contributed by atoms with Gasteiger partial charge in [0.2, 0.25) is 11.8 Å². The summed E-state index contributed by atoms with van der Waals surface area (Å²) in [7, 11) is 0. The van der Waals surface area contributed by atoms with E-state index in [1.54, 1.807) is 27.7 Å². The van der Waals surface area contributed by atoms with Gasteiger partial charge in [-0.05, 0) is 136 Å². The van der Waals surface area contributed by atoms with Gasteiger partial charge in [-0.3, -0.25) is 48.4 Å². The Balaban J connectivity index is 1.13. The third kappa shape index (κ3) is 16.5. The normalized spacial score (nSPS) is 15.8. The molecule has 0 spiro atoms. The molecule has 2 saturated heterocycles. The van der Waals surface area contributed by atoms with Crippen molar-refractivity contribution in [1.82, 2.24) is 29.4 Å². The van der Waals surface area contributed by atoms with Crippen LogP contribution < -0.4 is 18.9 Å². The molecule has 0 saturated carbocycles. The molecule has 116 heavy (non-hydrogen) atoms. The van der Waals surface area contributed by atoms with Crippen LogP contribution >= 0.6 is 0 Å². The lowest BCUT2D eigenvalue weighted by atomic mass is 9.80. The Bertz CT molecular complexity index is 4930. The van der Waals surface area contributed by atoms with Gasteiger partial charge in [0, 0.05) is 120 Å². The van der Waals surface area contributed by atoms with Crippen LogP contribution in [-0.4, -0.2) is 168 Å². The van der Waals surface area contributed by atoms with Crippen molar-refractivity contribution in [2.45, 2.75) is 91.2 Å². The summed E-state index contributed by atoms with van der Waals surface area (Å²) in [6, 6.07) is 13.4. The number of amides is 6. The molecule has 9 aromatic carbocycles. The number of imide groups is 2. The second-order valence-corrected chi connectivity index (χ2v) is 29.6. The standard InChI is InChI=1S/C84H74F12N6O14/c1-43(2)33-59(77(107)99-25-21-97(22-26-99)29-31-111-79(109)45(5)6)101-73(103)55-39-61(113-51-17-9-13-47(35-51)81(85,86)87)67-69-63(115-53-19-11-15-49(37-53)83(91,92)93)41-57-66-58(76(106)102(75(57)105)60(34-44(3)4)78(108)100-27-23-98(24-28-100)30-32-112-80(110)46(7)8)42-64(116-54-20-12-16-50(38-54)84(94,95)96)70(72(66)69)68-62(40-56(74(101)104)65(55)71(67)68)114-52-18-10-14-48(36-52)82(88,89)90/h9-20,35-44,59-60H,5,7,21-34H2,1-4,6,8H3. The van der Waals surface area contributed by atoms with Crippen LogP contribution in [0, 0.1) is 11.8 Å². The topological polar surface area (TPSA) is 211 Å². The third-order valence-corrected chi connectivity index (χ3v) is 20.4. The highest BCUT2D eigenvalue weighted by Crippen LogP contribution is 2.59. The third-order valence-electron chi connectivity index (χ3n) is 20.4. The molecule has 13 rings (SSSR count). The number of carbonyl (C=O) groups is 8. The first-order valence-electron chi connectivity index (χ1n) is 36.9. The van der Waals surface area contributed by atoms with E-state index in [0.717, 1.165) is 72.8 Å². The summed E-state index contributed by atoms with van der Waals surface area (Å²) in [5, 5.41) is -3.95. The molecular formula is C84H74F12N6O14. The summed E-state index contributed by atoms with van der Waals surface area (Å²) in [5.74, 6) is -14.3. The molecule has 4 aliphatic rings. The number of piperazine rings is 2. The van der Waals surface area contributed by atoms with Crippen LogP contribution in [0.25, 0.3) is 43.1 Å². The van der Waals surface area contributed by atoms with Crippen LogP contribution in [0.5, 0.6) is 46.0 Å². The van der Waals surface area contributed by atoms with Crippen molar-refractivity contribution in [3.05, 3.63) is 190 Å². The van der Waals surface area contributed by atoms with E-state index in [1.807, 2.05) is 9.80 Å². The first-order chi connectivity index (χ1) is 54.7. The minimum Gasteiger partial charge on any atom is -0.461 e. The number of ether oxygens (including phenoxy) is 6. The SMILES string of the molecule is C=C(C)C(=O)OCCN1CCN(C(=O)C(CC(C)C)N2C(=O)c3cc(Oc4cccc(C(F)(F)F)c4)c4c5c(Oc6cccc(C(F)(F)F)c6)cc6c7c(cc(Oc8cccc(C(F)(F)F)c8)c(c8c(Oc9cccc(C(F)(F)F)c9)cc(c3c48)C2=O)c75)C(=O)N(C(CC(C)C)C(=O)N2CCN(CCOC(=O)C(=C)C)CC2)C6=O)CC1. The number of fused-ring (bicyclic) bond motifs is 2. The number of hydrogen-bond acceptors (Lipinski definition) is 16. The second kappa shape index (κ2) is 31.8. The Kier molecular flexibility index (Phi) is 22.5. The minimum atomic E-state index is -5.10. The molecule has 20 nitrogen and oxygen atoms in total. The maximum Gasteiger partial charge on any atom is 0.416 e. The minimum absolute atomic E-state index is 0.00528.